The first-order chi connectivity index (χ1) is 18.6. The van der Waals surface area contributed by atoms with Gasteiger partial charge in [-0.3, -0.25) is 14.4 Å². The van der Waals surface area contributed by atoms with Gasteiger partial charge < -0.3 is 24.2 Å². The van der Waals surface area contributed by atoms with Gasteiger partial charge in [-0.25, -0.2) is 4.99 Å². The Hall–Kier alpha value is -3.88. The van der Waals surface area contributed by atoms with E-state index in [4.69, 9.17) is 14.2 Å². The fourth-order valence-electron chi connectivity index (χ4n) is 5.11. The molecule has 1 aliphatic rings. The summed E-state index contributed by atoms with van der Waals surface area (Å²) in [5, 5.41) is 0. The summed E-state index contributed by atoms with van der Waals surface area (Å²) < 4.78 is 14.5. The van der Waals surface area contributed by atoms with Gasteiger partial charge in [0.15, 0.2) is 5.71 Å². The number of rotatable bonds is 12. The minimum Gasteiger partial charge on any atom is -0.469 e. The van der Waals surface area contributed by atoms with E-state index < -0.39 is 0 Å². The largest absolute Gasteiger partial charge is 0.469 e. The van der Waals surface area contributed by atoms with Crippen LogP contribution in [0.25, 0.3) is 6.08 Å². The molecule has 210 valence electrons. The third-order valence-corrected chi connectivity index (χ3v) is 7.50. The standard InChI is InChI=1S/C30H39N3O6/c1-17-16-31-26(21(17)8-11-28(34)37-5)15-27-23(10-13-30(36)39-7)19(3)25(33-27)14-24-18(2)22(20(4)32-24)9-12-29(35)38-6/h14,16,31-32H,8-13,15H2,1-7H3/p+1/b25-14+. The molecule has 0 amide bonds. The van der Waals surface area contributed by atoms with Gasteiger partial charge in [0.1, 0.15) is 0 Å². The SMILES string of the molecule is COC(=O)CCC1=C(C)/C(=C\c2[nH]c(C)c(CCC(=O)OC)c2C)[NH+]=C1Cc1[nH]cc(C)c1CCC(=O)OC. The van der Waals surface area contributed by atoms with Gasteiger partial charge in [0.2, 0.25) is 5.70 Å². The van der Waals surface area contributed by atoms with Gasteiger partial charge in [-0.15, -0.1) is 0 Å². The molecule has 0 bridgehead atoms. The maximum atomic E-state index is 12.0. The maximum Gasteiger partial charge on any atom is 0.305 e. The highest BCUT2D eigenvalue weighted by Gasteiger charge is 2.30. The molecule has 2 aromatic heterocycles. The molecule has 0 spiro atoms. The van der Waals surface area contributed by atoms with Crippen LogP contribution in [0.2, 0.25) is 0 Å². The quantitative estimate of drug-likeness (QED) is 0.282. The molecule has 1 aliphatic heterocycles. The maximum absolute atomic E-state index is 12.0. The van der Waals surface area contributed by atoms with E-state index in [1.807, 2.05) is 20.0 Å². The normalized spacial score (nSPS) is 14.1. The smallest absolute Gasteiger partial charge is 0.305 e. The van der Waals surface area contributed by atoms with Crippen molar-refractivity contribution < 1.29 is 33.6 Å². The van der Waals surface area contributed by atoms with Crippen molar-refractivity contribution in [2.45, 2.75) is 72.6 Å². The molecule has 0 atom stereocenters. The van der Waals surface area contributed by atoms with Crippen molar-refractivity contribution in [1.29, 1.82) is 0 Å². The fourth-order valence-corrected chi connectivity index (χ4v) is 5.11. The van der Waals surface area contributed by atoms with Gasteiger partial charge in [0.25, 0.3) is 0 Å². The first-order valence-corrected chi connectivity index (χ1v) is 13.2. The van der Waals surface area contributed by atoms with Crippen molar-refractivity contribution in [3.05, 3.63) is 62.4 Å². The molecule has 3 heterocycles. The van der Waals surface area contributed by atoms with Crippen molar-refractivity contribution in [3.8, 4) is 0 Å². The van der Waals surface area contributed by atoms with Crippen LogP contribution >= 0.6 is 0 Å². The number of methoxy groups -OCH3 is 3. The van der Waals surface area contributed by atoms with Gasteiger partial charge in [0, 0.05) is 59.8 Å². The molecule has 0 aliphatic carbocycles. The Morgan fingerprint density at radius 3 is 2.00 bits per heavy atom. The lowest BCUT2D eigenvalue weighted by Gasteiger charge is -2.06. The number of esters is 3. The average molecular weight is 539 g/mol. The number of allylic oxidation sites excluding steroid dienone is 2. The lowest BCUT2D eigenvalue weighted by Crippen LogP contribution is -2.69. The monoisotopic (exact) mass is 538 g/mol. The van der Waals surface area contributed by atoms with Crippen molar-refractivity contribution in [1.82, 2.24) is 9.97 Å². The highest BCUT2D eigenvalue weighted by molar-refractivity contribution is 6.01. The molecular formula is C30H40N3O6+. The number of H-pyrrole nitrogens is 2. The second-order valence-electron chi connectivity index (χ2n) is 9.87. The minimum absolute atomic E-state index is 0.230. The summed E-state index contributed by atoms with van der Waals surface area (Å²) in [6.07, 6.45) is 7.29. The summed E-state index contributed by atoms with van der Waals surface area (Å²) >= 11 is 0. The number of nitrogens with one attached hydrogen (secondary N) is 3. The molecule has 39 heavy (non-hydrogen) atoms. The first-order valence-electron chi connectivity index (χ1n) is 13.2. The molecule has 3 rings (SSSR count). The van der Waals surface area contributed by atoms with E-state index in [-0.39, 0.29) is 24.3 Å². The average Bonchev–Trinajstić information content (AvgIpc) is 3.51. The minimum atomic E-state index is -0.257. The Morgan fingerprint density at radius 2 is 1.41 bits per heavy atom. The van der Waals surface area contributed by atoms with Crippen LogP contribution in [0.3, 0.4) is 0 Å². The van der Waals surface area contributed by atoms with E-state index in [1.54, 1.807) is 0 Å². The predicted molar refractivity (Wildman–Crippen MR) is 148 cm³/mol. The first kappa shape index (κ1) is 29.7. The van der Waals surface area contributed by atoms with Gasteiger partial charge in [0.05, 0.1) is 27.8 Å². The predicted octanol–water partition coefficient (Wildman–Crippen LogP) is 2.87. The molecule has 9 nitrogen and oxygen atoms in total. The number of aryl methyl sites for hydroxylation is 2. The molecule has 0 saturated heterocycles. The van der Waals surface area contributed by atoms with E-state index in [0.717, 1.165) is 61.9 Å². The zero-order chi connectivity index (χ0) is 28.7. The highest BCUT2D eigenvalue weighted by Crippen LogP contribution is 2.27. The number of aromatic amines is 2. The zero-order valence-corrected chi connectivity index (χ0v) is 24.1. The summed E-state index contributed by atoms with van der Waals surface area (Å²) in [4.78, 5) is 45.9. The van der Waals surface area contributed by atoms with Gasteiger partial charge in [-0.1, -0.05) is 0 Å². The van der Waals surface area contributed by atoms with E-state index >= 15 is 0 Å². The molecule has 0 fully saturated rings. The number of hydrogen-bond acceptors (Lipinski definition) is 6. The van der Waals surface area contributed by atoms with Crippen LogP contribution in [-0.4, -0.2) is 54.9 Å². The Kier molecular flexibility index (Phi) is 10.1. The Labute approximate surface area is 229 Å². The zero-order valence-electron chi connectivity index (χ0n) is 24.1. The topological polar surface area (TPSA) is 124 Å². The summed E-state index contributed by atoms with van der Waals surface area (Å²) in [5.41, 5.74) is 11.5. The Bertz CT molecular complexity index is 1340. The highest BCUT2D eigenvalue weighted by atomic mass is 16.5. The van der Waals surface area contributed by atoms with Crippen LogP contribution in [0, 0.1) is 20.8 Å². The summed E-state index contributed by atoms with van der Waals surface area (Å²) in [5.74, 6) is -0.728. The van der Waals surface area contributed by atoms with Crippen LogP contribution < -0.4 is 4.99 Å². The van der Waals surface area contributed by atoms with E-state index in [0.29, 0.717) is 38.5 Å². The Morgan fingerprint density at radius 1 is 0.846 bits per heavy atom. The molecule has 9 heteroatoms. The van der Waals surface area contributed by atoms with Crippen LogP contribution in [0.1, 0.15) is 71.9 Å². The van der Waals surface area contributed by atoms with E-state index in [9.17, 15) is 14.4 Å². The summed E-state index contributed by atoms with van der Waals surface area (Å²) in [6.45, 7) is 8.14. The molecular weight excluding hydrogens is 498 g/mol. The number of ether oxygens (including phenoxy) is 3. The van der Waals surface area contributed by atoms with E-state index in [2.05, 4.69) is 34.9 Å². The molecule has 0 aromatic carbocycles. The number of hydrogen-bond donors (Lipinski definition) is 3. The van der Waals surface area contributed by atoms with Crippen LogP contribution in [-0.2, 0) is 47.9 Å². The molecule has 0 saturated carbocycles. The number of carbonyl (C=O) groups is 3. The third-order valence-electron chi connectivity index (χ3n) is 7.50. The fraction of sp³-hybridized carbons (Fsp3) is 0.467. The summed E-state index contributed by atoms with van der Waals surface area (Å²) in [6, 6.07) is 0. The second kappa shape index (κ2) is 13.3. The number of carbonyl (C=O) groups excluding carboxylic acids is 3. The van der Waals surface area contributed by atoms with Crippen molar-refractivity contribution in [3.63, 3.8) is 0 Å². The lowest BCUT2D eigenvalue weighted by atomic mass is 9.95. The van der Waals surface area contributed by atoms with Crippen molar-refractivity contribution >= 4 is 29.7 Å². The van der Waals surface area contributed by atoms with Crippen molar-refractivity contribution in [2.75, 3.05) is 21.3 Å². The lowest BCUT2D eigenvalue weighted by molar-refractivity contribution is -0.387. The molecule has 0 radical (unpaired) electrons. The van der Waals surface area contributed by atoms with Crippen LogP contribution in [0.5, 0.6) is 0 Å². The third kappa shape index (κ3) is 7.16. The molecule has 3 N–H and O–H groups in total. The van der Waals surface area contributed by atoms with Gasteiger partial charge >= 0.3 is 17.9 Å². The van der Waals surface area contributed by atoms with E-state index in [1.165, 1.54) is 21.3 Å². The molecule has 0 unspecified atom stereocenters. The molecule has 2 aromatic rings. The van der Waals surface area contributed by atoms with Crippen LogP contribution in [0.4, 0.5) is 0 Å². The van der Waals surface area contributed by atoms with Crippen LogP contribution in [0.15, 0.2) is 23.0 Å². The van der Waals surface area contributed by atoms with Gasteiger partial charge in [-0.2, -0.15) is 0 Å². The van der Waals surface area contributed by atoms with Gasteiger partial charge in [-0.05, 0) is 69.2 Å². The second-order valence-corrected chi connectivity index (χ2v) is 9.87. The van der Waals surface area contributed by atoms with Crippen molar-refractivity contribution in [2.24, 2.45) is 0 Å². The number of aromatic nitrogens is 2. The summed E-state index contributed by atoms with van der Waals surface area (Å²) in [7, 11) is 4.20. The Balaban J connectivity index is 1.95.